The lowest BCUT2D eigenvalue weighted by Gasteiger charge is -2.22. The van der Waals surface area contributed by atoms with Crippen molar-refractivity contribution in [3.8, 4) is 6.07 Å². The third-order valence-electron chi connectivity index (χ3n) is 2.79. The van der Waals surface area contributed by atoms with Crippen molar-refractivity contribution in [3.05, 3.63) is 22.1 Å². The molecule has 20 heavy (non-hydrogen) atoms. The molecule has 0 radical (unpaired) electrons. The molecule has 0 aromatic carbocycles. The summed E-state index contributed by atoms with van der Waals surface area (Å²) in [6.07, 6.45) is 2.72. The number of hydrogen-bond donors (Lipinski definition) is 2. The van der Waals surface area contributed by atoms with E-state index in [0.717, 1.165) is 31.5 Å². The van der Waals surface area contributed by atoms with Gasteiger partial charge in [0.2, 0.25) is 0 Å². The number of nitrogens with zero attached hydrogens (tertiary/aromatic N) is 2. The van der Waals surface area contributed by atoms with E-state index in [1.54, 1.807) is 0 Å². The second-order valence-electron chi connectivity index (χ2n) is 4.95. The average molecular weight is 294 g/mol. The van der Waals surface area contributed by atoms with Crippen molar-refractivity contribution in [1.82, 2.24) is 15.3 Å². The Morgan fingerprint density at radius 1 is 1.50 bits per heavy atom. The quantitative estimate of drug-likeness (QED) is 0.567. The third kappa shape index (κ3) is 5.35. The summed E-state index contributed by atoms with van der Waals surface area (Å²) in [5, 5.41) is 13.1. The van der Waals surface area contributed by atoms with E-state index in [-0.39, 0.29) is 5.56 Å². The van der Waals surface area contributed by atoms with Crippen LogP contribution >= 0.6 is 11.8 Å². The predicted octanol–water partition coefficient (Wildman–Crippen LogP) is 2.10. The Morgan fingerprint density at radius 2 is 2.25 bits per heavy atom. The summed E-state index contributed by atoms with van der Waals surface area (Å²) in [4.78, 5) is 18.7. The number of H-pyrrole nitrogens is 1. The predicted molar refractivity (Wildman–Crippen MR) is 81.9 cm³/mol. The molecule has 0 aliphatic heterocycles. The highest BCUT2D eigenvalue weighted by Gasteiger charge is 2.23. The Hall–Kier alpha value is -1.32. The third-order valence-corrected chi connectivity index (χ3v) is 3.98. The number of rotatable bonds is 8. The molecule has 1 atom stereocenters. The summed E-state index contributed by atoms with van der Waals surface area (Å²) in [6, 6.07) is 3.82. The smallest absolute Gasteiger partial charge is 0.251 e. The molecule has 0 spiro atoms. The van der Waals surface area contributed by atoms with E-state index in [9.17, 15) is 10.1 Å². The van der Waals surface area contributed by atoms with Crippen molar-refractivity contribution in [1.29, 1.82) is 5.26 Å². The Morgan fingerprint density at radius 3 is 2.85 bits per heavy atom. The van der Waals surface area contributed by atoms with E-state index in [1.807, 2.05) is 6.92 Å². The minimum absolute atomic E-state index is 0.133. The molecule has 1 unspecified atom stereocenters. The molecule has 0 saturated heterocycles. The Balaban J connectivity index is 2.73. The van der Waals surface area contributed by atoms with Gasteiger partial charge in [-0.3, -0.25) is 10.1 Å². The number of nitrogens with one attached hydrogen (secondary N) is 2. The first-order chi connectivity index (χ1) is 9.53. The molecular formula is C14H22N4OS. The van der Waals surface area contributed by atoms with Crippen molar-refractivity contribution >= 4 is 11.8 Å². The highest BCUT2D eigenvalue weighted by molar-refractivity contribution is 7.99. The van der Waals surface area contributed by atoms with Crippen LogP contribution in [0.1, 0.15) is 39.3 Å². The lowest BCUT2D eigenvalue weighted by Crippen LogP contribution is -2.43. The Kier molecular flexibility index (Phi) is 6.76. The molecule has 6 heteroatoms. The van der Waals surface area contributed by atoms with E-state index in [2.05, 4.69) is 35.2 Å². The monoisotopic (exact) mass is 294 g/mol. The Labute approximate surface area is 124 Å². The summed E-state index contributed by atoms with van der Waals surface area (Å²) in [6.45, 7) is 6.77. The summed E-state index contributed by atoms with van der Waals surface area (Å²) in [5.41, 5.74) is 0.0602. The van der Waals surface area contributed by atoms with E-state index >= 15 is 0 Å². The van der Waals surface area contributed by atoms with Crippen LogP contribution in [-0.2, 0) is 6.42 Å². The van der Waals surface area contributed by atoms with Crippen LogP contribution in [0.25, 0.3) is 0 Å². The van der Waals surface area contributed by atoms with Crippen LogP contribution in [0.2, 0.25) is 0 Å². The minimum Gasteiger partial charge on any atom is -0.301 e. The maximum atomic E-state index is 11.6. The summed E-state index contributed by atoms with van der Waals surface area (Å²) in [5.74, 6) is 0.544. The lowest BCUT2D eigenvalue weighted by molar-refractivity contribution is 0.493. The van der Waals surface area contributed by atoms with Crippen LogP contribution in [0.3, 0.4) is 0 Å². The largest absolute Gasteiger partial charge is 0.301 e. The van der Waals surface area contributed by atoms with Gasteiger partial charge < -0.3 is 4.98 Å². The van der Waals surface area contributed by atoms with Crippen LogP contribution in [0.5, 0.6) is 0 Å². The van der Waals surface area contributed by atoms with Gasteiger partial charge in [-0.2, -0.15) is 5.26 Å². The zero-order valence-corrected chi connectivity index (χ0v) is 13.1. The SMILES string of the molecule is CCCNC(C)(C#N)CSc1nc(CCC)cc(=O)[nH]1. The first-order valence-corrected chi connectivity index (χ1v) is 7.91. The molecule has 2 N–H and O–H groups in total. The highest BCUT2D eigenvalue weighted by atomic mass is 32.2. The number of aryl methyl sites for hydroxylation is 1. The first-order valence-electron chi connectivity index (χ1n) is 6.92. The second kappa shape index (κ2) is 8.08. The van der Waals surface area contributed by atoms with Gasteiger partial charge in [0, 0.05) is 17.5 Å². The number of aromatic nitrogens is 2. The molecule has 0 amide bonds. The summed E-state index contributed by atoms with van der Waals surface area (Å²) in [7, 11) is 0. The van der Waals surface area contributed by atoms with E-state index in [4.69, 9.17) is 0 Å². The van der Waals surface area contributed by atoms with Crippen LogP contribution in [0.4, 0.5) is 0 Å². The molecule has 5 nitrogen and oxygen atoms in total. The number of nitriles is 1. The van der Waals surface area contributed by atoms with Crippen molar-refractivity contribution in [3.63, 3.8) is 0 Å². The van der Waals surface area contributed by atoms with Crippen LogP contribution in [0, 0.1) is 11.3 Å². The van der Waals surface area contributed by atoms with E-state index in [0.29, 0.717) is 10.9 Å². The molecule has 0 bridgehead atoms. The number of hydrogen-bond acceptors (Lipinski definition) is 5. The van der Waals surface area contributed by atoms with Crippen LogP contribution < -0.4 is 10.9 Å². The standard InChI is InChI=1S/C14H22N4OS/c1-4-6-11-8-12(19)18-13(17-11)20-10-14(3,9-15)16-7-5-2/h8,16H,4-7,10H2,1-3H3,(H,17,18,19). The average Bonchev–Trinajstić information content (AvgIpc) is 2.43. The fourth-order valence-corrected chi connectivity index (χ4v) is 2.62. The summed E-state index contributed by atoms with van der Waals surface area (Å²) < 4.78 is 0. The molecule has 0 fully saturated rings. The molecule has 0 aliphatic rings. The lowest BCUT2D eigenvalue weighted by atomic mass is 10.1. The normalized spacial score (nSPS) is 13.7. The zero-order valence-electron chi connectivity index (χ0n) is 12.3. The van der Waals surface area contributed by atoms with Crippen molar-refractivity contribution in [2.24, 2.45) is 0 Å². The molecule has 1 rings (SSSR count). The maximum Gasteiger partial charge on any atom is 0.251 e. The number of aromatic amines is 1. The molecule has 0 aliphatic carbocycles. The Bertz CT molecular complexity index is 523. The van der Waals surface area contributed by atoms with Gasteiger partial charge >= 0.3 is 0 Å². The van der Waals surface area contributed by atoms with Gasteiger partial charge in [-0.15, -0.1) is 0 Å². The highest BCUT2D eigenvalue weighted by Crippen LogP contribution is 2.18. The molecular weight excluding hydrogens is 272 g/mol. The van der Waals surface area contributed by atoms with Gasteiger partial charge in [-0.05, 0) is 26.3 Å². The van der Waals surface area contributed by atoms with Gasteiger partial charge in [-0.1, -0.05) is 32.0 Å². The molecule has 1 aromatic rings. The van der Waals surface area contributed by atoms with Gasteiger partial charge in [0.05, 0.1) is 6.07 Å². The second-order valence-corrected chi connectivity index (χ2v) is 5.92. The van der Waals surface area contributed by atoms with Gasteiger partial charge in [0.1, 0.15) is 5.54 Å². The first kappa shape index (κ1) is 16.7. The molecule has 1 heterocycles. The van der Waals surface area contributed by atoms with Crippen molar-refractivity contribution in [2.45, 2.75) is 50.7 Å². The van der Waals surface area contributed by atoms with Crippen molar-refractivity contribution < 1.29 is 0 Å². The maximum absolute atomic E-state index is 11.6. The fraction of sp³-hybridized carbons (Fsp3) is 0.643. The molecule has 1 aromatic heterocycles. The van der Waals surface area contributed by atoms with Crippen LogP contribution in [0.15, 0.2) is 16.0 Å². The minimum atomic E-state index is -0.611. The van der Waals surface area contributed by atoms with E-state index < -0.39 is 5.54 Å². The van der Waals surface area contributed by atoms with Gasteiger partial charge in [-0.25, -0.2) is 4.98 Å². The topological polar surface area (TPSA) is 81.6 Å². The van der Waals surface area contributed by atoms with E-state index in [1.165, 1.54) is 17.8 Å². The van der Waals surface area contributed by atoms with Gasteiger partial charge in [0.15, 0.2) is 5.16 Å². The fourth-order valence-electron chi connectivity index (χ4n) is 1.67. The number of thioether (sulfide) groups is 1. The zero-order chi connectivity index (χ0) is 15.0. The molecule has 0 saturated carbocycles. The summed E-state index contributed by atoms with van der Waals surface area (Å²) >= 11 is 1.40. The molecule has 110 valence electrons. The van der Waals surface area contributed by atoms with Gasteiger partial charge in [0.25, 0.3) is 5.56 Å². The van der Waals surface area contributed by atoms with Crippen LogP contribution in [-0.4, -0.2) is 27.8 Å². The van der Waals surface area contributed by atoms with Crippen molar-refractivity contribution in [2.75, 3.05) is 12.3 Å².